The Hall–Kier alpha value is -3.50. The first-order valence-corrected chi connectivity index (χ1v) is 15.4. The maximum atomic E-state index is 12.6. The third kappa shape index (κ3) is 17.6. The van der Waals surface area contributed by atoms with Crippen molar-refractivity contribution in [3.05, 3.63) is 34.9 Å². The summed E-state index contributed by atoms with van der Waals surface area (Å²) >= 11 is 0. The molecule has 0 bridgehead atoms. The predicted octanol–water partition coefficient (Wildman–Crippen LogP) is 3.20. The molecular formula is C26H34F9N3O9S. The summed E-state index contributed by atoms with van der Waals surface area (Å²) in [7, 11) is -3.08. The van der Waals surface area contributed by atoms with Gasteiger partial charge in [-0.3, -0.25) is 4.79 Å². The number of carbonyl (C=O) groups is 4. The Morgan fingerprint density at radius 2 is 1.17 bits per heavy atom. The minimum absolute atomic E-state index is 0.165. The van der Waals surface area contributed by atoms with Gasteiger partial charge in [0, 0.05) is 38.2 Å². The molecule has 12 nitrogen and oxygen atoms in total. The highest BCUT2D eigenvalue weighted by atomic mass is 32.2. The number of ketones is 1. The van der Waals surface area contributed by atoms with Gasteiger partial charge in [0.25, 0.3) is 0 Å². The molecule has 1 fully saturated rings. The fourth-order valence-corrected chi connectivity index (χ4v) is 4.95. The van der Waals surface area contributed by atoms with Gasteiger partial charge in [0.15, 0.2) is 5.78 Å². The standard InChI is InChI=1S/C20H31N3O3S.3C2HF3O2/c1-2-27(25,26)23-14-12-22(13-15-23)11-3-4-20(24)19-6-5-17-7-9-21-10-8-18(17)16-19;3*3-2(4,5)1(6)7/h5-6,16,21H,2-4,7-15H2,1H3;3*(H,6,7). The Balaban J connectivity index is 0.000000855. The Labute approximate surface area is 268 Å². The fourth-order valence-electron chi connectivity index (χ4n) is 3.87. The van der Waals surface area contributed by atoms with Crippen molar-refractivity contribution in [2.75, 3.05) is 51.6 Å². The fraction of sp³-hybridized carbons (Fsp3) is 0.615. The third-order valence-electron chi connectivity index (χ3n) is 6.37. The summed E-state index contributed by atoms with van der Waals surface area (Å²) in [6.07, 6.45) is -11.9. The van der Waals surface area contributed by atoms with E-state index in [0.717, 1.165) is 57.5 Å². The van der Waals surface area contributed by atoms with Crippen LogP contribution in [0.3, 0.4) is 0 Å². The number of fused-ring (bicyclic) bond motifs is 1. The lowest BCUT2D eigenvalue weighted by molar-refractivity contribution is -0.193. The smallest absolute Gasteiger partial charge is 0.475 e. The molecule has 1 aromatic rings. The van der Waals surface area contributed by atoms with Gasteiger partial charge in [-0.15, -0.1) is 0 Å². The lowest BCUT2D eigenvalue weighted by atomic mass is 9.97. The number of carboxylic acids is 3. The van der Waals surface area contributed by atoms with Crippen LogP contribution in [0.1, 0.15) is 41.3 Å². The number of alkyl halides is 9. The number of Topliss-reactive ketones (excluding diaryl/α,β-unsaturated/α-hetero) is 1. The summed E-state index contributed by atoms with van der Waals surface area (Å²) in [4.78, 5) is 41.5. The van der Waals surface area contributed by atoms with Crippen molar-refractivity contribution < 1.29 is 82.4 Å². The number of nitrogens with zero attached hydrogens (tertiary/aromatic N) is 2. The van der Waals surface area contributed by atoms with E-state index in [1.807, 2.05) is 6.07 Å². The zero-order valence-electron chi connectivity index (χ0n) is 25.2. The van der Waals surface area contributed by atoms with Crippen molar-refractivity contribution in [3.8, 4) is 0 Å². The van der Waals surface area contributed by atoms with Gasteiger partial charge in [-0.05, 0) is 63.0 Å². The molecule has 1 aromatic carbocycles. The van der Waals surface area contributed by atoms with Gasteiger partial charge in [-0.25, -0.2) is 22.8 Å². The molecule has 2 heterocycles. The number of piperazine rings is 1. The molecule has 0 unspecified atom stereocenters. The van der Waals surface area contributed by atoms with Crippen LogP contribution in [-0.4, -0.2) is 127 Å². The number of nitrogens with one attached hydrogen (secondary N) is 1. The molecular weight excluding hydrogens is 701 g/mol. The molecule has 2 aliphatic rings. The number of carbonyl (C=O) groups excluding carboxylic acids is 1. The van der Waals surface area contributed by atoms with Crippen LogP contribution in [0.4, 0.5) is 39.5 Å². The summed E-state index contributed by atoms with van der Waals surface area (Å²) in [6, 6.07) is 6.17. The molecule has 276 valence electrons. The Kier molecular flexibility index (Phi) is 18.1. The highest BCUT2D eigenvalue weighted by molar-refractivity contribution is 7.89. The summed E-state index contributed by atoms with van der Waals surface area (Å²) in [5, 5.41) is 24.8. The molecule has 0 spiro atoms. The number of rotatable bonds is 7. The number of carboxylic acid groups (broad SMARTS) is 3. The molecule has 48 heavy (non-hydrogen) atoms. The zero-order chi connectivity index (χ0) is 37.5. The van der Waals surface area contributed by atoms with Gasteiger partial charge >= 0.3 is 36.4 Å². The minimum Gasteiger partial charge on any atom is -0.475 e. The lowest BCUT2D eigenvalue weighted by Crippen LogP contribution is -2.49. The normalized spacial score (nSPS) is 15.9. The number of hydrogen-bond donors (Lipinski definition) is 4. The molecule has 22 heteroatoms. The van der Waals surface area contributed by atoms with E-state index in [4.69, 9.17) is 29.7 Å². The Morgan fingerprint density at radius 3 is 1.56 bits per heavy atom. The molecule has 0 atom stereocenters. The van der Waals surface area contributed by atoms with E-state index in [1.54, 1.807) is 11.2 Å². The molecule has 0 saturated carbocycles. The van der Waals surface area contributed by atoms with Crippen molar-refractivity contribution in [2.45, 2.75) is 51.1 Å². The van der Waals surface area contributed by atoms with Crippen LogP contribution >= 0.6 is 0 Å². The summed E-state index contributed by atoms with van der Waals surface area (Å²) in [6.45, 7) is 7.13. The van der Waals surface area contributed by atoms with Crippen molar-refractivity contribution in [1.29, 1.82) is 0 Å². The molecule has 0 aromatic heterocycles. The number of halogens is 9. The Bertz CT molecular complexity index is 1270. The van der Waals surface area contributed by atoms with Crippen molar-refractivity contribution >= 4 is 33.7 Å². The molecule has 4 N–H and O–H groups in total. The van der Waals surface area contributed by atoms with E-state index in [0.29, 0.717) is 19.5 Å². The van der Waals surface area contributed by atoms with Crippen LogP contribution in [0.15, 0.2) is 18.2 Å². The minimum atomic E-state index is -5.08. The first-order chi connectivity index (χ1) is 21.8. The molecule has 0 amide bonds. The van der Waals surface area contributed by atoms with Crippen molar-refractivity contribution in [3.63, 3.8) is 0 Å². The third-order valence-corrected chi connectivity index (χ3v) is 8.25. The van der Waals surface area contributed by atoms with Crippen LogP contribution in [0.5, 0.6) is 0 Å². The largest absolute Gasteiger partial charge is 0.490 e. The van der Waals surface area contributed by atoms with Gasteiger partial charge in [-0.2, -0.15) is 43.8 Å². The number of aliphatic carboxylic acids is 3. The summed E-state index contributed by atoms with van der Waals surface area (Å²) in [5.74, 6) is -7.90. The van der Waals surface area contributed by atoms with Crippen LogP contribution < -0.4 is 5.32 Å². The highest BCUT2D eigenvalue weighted by Gasteiger charge is 2.39. The average Bonchev–Trinajstić information content (AvgIpc) is 3.22. The zero-order valence-corrected chi connectivity index (χ0v) is 26.0. The quantitative estimate of drug-likeness (QED) is 0.239. The van der Waals surface area contributed by atoms with Crippen LogP contribution in [-0.2, 0) is 37.2 Å². The predicted molar refractivity (Wildman–Crippen MR) is 149 cm³/mol. The van der Waals surface area contributed by atoms with E-state index >= 15 is 0 Å². The van der Waals surface area contributed by atoms with E-state index < -0.39 is 46.5 Å². The number of hydrogen-bond acceptors (Lipinski definition) is 8. The summed E-state index contributed by atoms with van der Waals surface area (Å²) in [5.41, 5.74) is 3.49. The molecule has 1 saturated heterocycles. The average molecular weight is 736 g/mol. The van der Waals surface area contributed by atoms with Gasteiger partial charge in [0.1, 0.15) is 0 Å². The first-order valence-electron chi connectivity index (χ1n) is 13.8. The second-order valence-corrected chi connectivity index (χ2v) is 12.1. The molecule has 0 radical (unpaired) electrons. The van der Waals surface area contributed by atoms with Crippen molar-refractivity contribution in [2.24, 2.45) is 0 Å². The van der Waals surface area contributed by atoms with Crippen molar-refractivity contribution in [1.82, 2.24) is 14.5 Å². The number of sulfonamides is 1. The molecule has 2 aliphatic heterocycles. The number of benzene rings is 1. The second kappa shape index (κ2) is 19.5. The van der Waals surface area contributed by atoms with Gasteiger partial charge in [0.05, 0.1) is 5.75 Å². The second-order valence-electron chi connectivity index (χ2n) is 9.81. The van der Waals surface area contributed by atoms with Crippen LogP contribution in [0.25, 0.3) is 0 Å². The molecule has 0 aliphatic carbocycles. The first kappa shape index (κ1) is 44.5. The lowest BCUT2D eigenvalue weighted by Gasteiger charge is -2.33. The monoisotopic (exact) mass is 735 g/mol. The topological polar surface area (TPSA) is 182 Å². The SMILES string of the molecule is CCS(=O)(=O)N1CCN(CCCC(=O)c2ccc3c(c2)CCNCC3)CC1.O=C(O)C(F)(F)F.O=C(O)C(F)(F)F.O=C(O)C(F)(F)F. The summed E-state index contributed by atoms with van der Waals surface area (Å²) < 4.78 is 121. The maximum Gasteiger partial charge on any atom is 0.490 e. The van der Waals surface area contributed by atoms with E-state index in [2.05, 4.69) is 22.3 Å². The van der Waals surface area contributed by atoms with E-state index in [9.17, 15) is 52.7 Å². The Morgan fingerprint density at radius 1 is 0.750 bits per heavy atom. The van der Waals surface area contributed by atoms with E-state index in [-0.39, 0.29) is 11.5 Å². The van der Waals surface area contributed by atoms with E-state index in [1.165, 1.54) is 11.1 Å². The van der Waals surface area contributed by atoms with Crippen LogP contribution in [0.2, 0.25) is 0 Å². The molecule has 3 rings (SSSR count). The van der Waals surface area contributed by atoms with Gasteiger partial charge in [0.2, 0.25) is 10.0 Å². The van der Waals surface area contributed by atoms with Crippen LogP contribution in [0, 0.1) is 0 Å². The maximum absolute atomic E-state index is 12.6. The van der Waals surface area contributed by atoms with Gasteiger partial charge in [-0.1, -0.05) is 12.1 Å². The van der Waals surface area contributed by atoms with Gasteiger partial charge < -0.3 is 25.5 Å². The highest BCUT2D eigenvalue weighted by Crippen LogP contribution is 2.18.